The number of benzene rings is 7. The van der Waals surface area contributed by atoms with Gasteiger partial charge in [-0.2, -0.15) is 35.2 Å². The van der Waals surface area contributed by atoms with Crippen LogP contribution in [0.3, 0.4) is 0 Å². The van der Waals surface area contributed by atoms with Crippen molar-refractivity contribution in [3.63, 3.8) is 0 Å². The molecule has 7 aromatic carbocycles. The maximum atomic E-state index is 11.0. The van der Waals surface area contributed by atoms with Crippen LogP contribution in [0, 0.1) is 82.5 Å². The van der Waals surface area contributed by atoms with Gasteiger partial charge in [0.1, 0.15) is 17.2 Å². The number of fused-ring (bicyclic) bond motifs is 4. The first-order valence-electron chi connectivity index (χ1n) is 46.2. The van der Waals surface area contributed by atoms with E-state index in [9.17, 15) is 15.3 Å². The SMILES string of the molecule is C.CC(C)(C)[CH]=[Mo]=[N]C12CC3CC(CC(C3)C1)C2.CC(C)(C)[CH]=[W]=[N]c1c(Cl)cccc1Cl.CC(C)(C)[CH]=[W]=[N]c1c(Cl)cccc1Cl.Cc1c(Br)cc2c(c1-c1c(O)c(Br)cc3c1CCCC3)CCCC2.Cc1c(Br)cc2c(c1-c1c(O)c(Br)cc3c1CCCC3)CCCC2.Cc1cc(C(C)(C)C)c(O)c(C(C)(C)C)c1.Cc1ccc(C)[n-]1.Cc1ccc(C)[n-]1.c1cc[n-]c1. The Morgan fingerprint density at radius 1 is 0.397 bits per heavy atom. The summed E-state index contributed by atoms with van der Waals surface area (Å²) in [6, 6.07) is 35.8. The van der Waals surface area contributed by atoms with Gasteiger partial charge in [-0.15, -0.1) is 0 Å². The van der Waals surface area contributed by atoms with E-state index in [1.165, 1.54) is 171 Å². The Labute approximate surface area is 865 Å². The Morgan fingerprint density at radius 2 is 0.695 bits per heavy atom. The molecule has 3 aromatic heterocycles. The molecule has 10 aromatic rings. The number of rotatable bonds is 5. The zero-order chi connectivity index (χ0) is 95.5. The summed E-state index contributed by atoms with van der Waals surface area (Å²) in [5.41, 5.74) is 29.2. The molecule has 0 saturated heterocycles. The zero-order valence-corrected chi connectivity index (χ0v) is 98.1. The van der Waals surface area contributed by atoms with Crippen molar-refractivity contribution in [2.24, 2.45) is 44.5 Å². The number of aromatic nitrogens is 3. The van der Waals surface area contributed by atoms with Gasteiger partial charge in [0.05, 0.1) is 8.95 Å². The maximum absolute atomic E-state index is 11.0. The van der Waals surface area contributed by atoms with Gasteiger partial charge in [-0.05, 0) is 268 Å². The summed E-state index contributed by atoms with van der Waals surface area (Å²) < 4.78 is 25.5. The summed E-state index contributed by atoms with van der Waals surface area (Å²) in [7, 11) is 0. The van der Waals surface area contributed by atoms with E-state index >= 15 is 0 Å². The predicted molar refractivity (Wildman–Crippen MR) is 566 cm³/mol. The molecule has 3 heterocycles. The Morgan fingerprint density at radius 3 is 0.962 bits per heavy atom. The number of hydrogen-bond acceptors (Lipinski definition) is 6. The minimum atomic E-state index is -0.850. The van der Waals surface area contributed by atoms with Gasteiger partial charge in [-0.3, -0.25) is 0 Å². The average molecular weight is 2530 g/mol. The third-order valence-corrected chi connectivity index (χ3v) is 39.3. The van der Waals surface area contributed by atoms with Crippen molar-refractivity contribution >= 4 is 135 Å². The van der Waals surface area contributed by atoms with Crippen molar-refractivity contribution in [3.05, 3.63) is 255 Å². The van der Waals surface area contributed by atoms with Gasteiger partial charge in [0, 0.05) is 20.1 Å². The van der Waals surface area contributed by atoms with Crippen molar-refractivity contribution in [2.75, 3.05) is 0 Å². The Kier molecular flexibility index (Phi) is 43.4. The molecule has 4 bridgehead atoms. The summed E-state index contributed by atoms with van der Waals surface area (Å²) in [5.74, 6) is 4.45. The van der Waals surface area contributed by atoms with Crippen LogP contribution in [0.15, 0.2) is 150 Å². The minimum absolute atomic E-state index is 0. The molecule has 9 nitrogen and oxygen atoms in total. The summed E-state index contributed by atoms with van der Waals surface area (Å²) >= 11 is 36.9. The largest absolute Gasteiger partial charge is 0.670 e. The molecule has 0 spiro atoms. The quantitative estimate of drug-likeness (QED) is 0.147. The van der Waals surface area contributed by atoms with Crippen molar-refractivity contribution < 1.29 is 69.1 Å². The molecule has 0 atom stereocenters. The average Bonchev–Trinajstić information content (AvgIpc) is 1.01. The summed E-state index contributed by atoms with van der Waals surface area (Å²) in [5, 5.41) is 34.9. The number of aromatic hydroxyl groups is 3. The summed E-state index contributed by atoms with van der Waals surface area (Å²) in [6.45, 7) is 47.2. The minimum Gasteiger partial charge on any atom is -0.670 e. The molecule has 8 aliphatic rings. The van der Waals surface area contributed by atoms with Crippen LogP contribution < -0.4 is 15.0 Å². The smallest absolute Gasteiger partial charge is 0.137 e. The van der Waals surface area contributed by atoms with Crippen LogP contribution in [0.2, 0.25) is 20.1 Å². The molecule has 131 heavy (non-hydrogen) atoms. The molecular weight excluding hydrogens is 2390 g/mol. The molecule has 18 rings (SSSR count). The molecule has 20 heteroatoms. The zero-order valence-electron chi connectivity index (χ0n) is 80.8. The van der Waals surface area contributed by atoms with Gasteiger partial charge >= 0.3 is 332 Å². The van der Waals surface area contributed by atoms with Crippen LogP contribution in [0.4, 0.5) is 11.4 Å². The van der Waals surface area contributed by atoms with E-state index in [0.717, 1.165) is 134 Å². The molecule has 0 aliphatic heterocycles. The second kappa shape index (κ2) is 50.7. The van der Waals surface area contributed by atoms with Crippen LogP contribution in [-0.4, -0.2) is 34.1 Å². The van der Waals surface area contributed by atoms with Crippen molar-refractivity contribution in [2.45, 2.75) is 317 Å². The number of phenols is 3. The van der Waals surface area contributed by atoms with Crippen molar-refractivity contribution in [3.8, 4) is 39.5 Å². The number of phenolic OH excluding ortho intramolecular Hbond substituents is 3. The summed E-state index contributed by atoms with van der Waals surface area (Å²) in [4.78, 5) is 11.9. The van der Waals surface area contributed by atoms with Crippen LogP contribution in [-0.2, 0) is 116 Å². The number of hydrogen-bond donors (Lipinski definition) is 3. The summed E-state index contributed by atoms with van der Waals surface area (Å²) in [6.07, 6.45) is 31.4. The molecule has 4 saturated carbocycles. The first-order chi connectivity index (χ1) is 61.0. The van der Waals surface area contributed by atoms with Gasteiger partial charge in [-0.1, -0.05) is 163 Å². The molecule has 0 radical (unpaired) electrons. The van der Waals surface area contributed by atoms with Gasteiger partial charge in [-0.25, -0.2) is 0 Å². The first-order valence-corrected chi connectivity index (χ1v) is 59.0. The van der Waals surface area contributed by atoms with Crippen LogP contribution in [0.5, 0.6) is 17.2 Å². The Bertz CT molecular complexity index is 5180. The Hall–Kier alpha value is -4.07. The molecule has 0 amide bonds. The molecular formula is C111H143Br4Cl4MoN6O3W2-3. The van der Waals surface area contributed by atoms with Crippen molar-refractivity contribution in [1.29, 1.82) is 0 Å². The van der Waals surface area contributed by atoms with Gasteiger partial charge in [0.15, 0.2) is 0 Å². The van der Waals surface area contributed by atoms with E-state index in [1.807, 2.05) is 100 Å². The maximum Gasteiger partial charge on any atom is 0.137 e. The fourth-order valence-corrected chi connectivity index (χ4v) is 28.8. The standard InChI is InChI=1S/2C21H22Br2O.C15H24O.C10H15N.2C6H3Cl2N.2C6H8N.3C5H10.C4H4N.CH4.Mo.2W/c2*1-12-17(22)10-13-6-2-4-8-15(13)19(12)20-16-9-5-3-7-14(16)11-18(23)21(20)24;1-10-8-11(14(2,3)4)13(16)12(9-10)15(5,6)7;11-10-4-7-1-8(5-10)3-9(2-7)6-10;2*7-4-2-1-3-5(8)6(4)9;2*1-5-3-4-6(2)7-5;3*1-5(2,3)4;1-2-4-5-3-1;;;;/h2*10-11,24H,2-9H2,1H3;8-9,16H,1-7H3;7-9H,1-6H2;2*1-3H;2*3-4H,1-2H3;3*1H,2-4H3;1-4H;1H4;;;/q;;;;;;2*-1;;;;-1;;;;. The third-order valence-electron chi connectivity index (χ3n) is 24.1. The van der Waals surface area contributed by atoms with Crippen LogP contribution in [0.1, 0.15) is 296 Å². The van der Waals surface area contributed by atoms with E-state index < -0.39 is 35.8 Å². The van der Waals surface area contributed by atoms with Crippen LogP contribution in [0.25, 0.3) is 22.3 Å². The van der Waals surface area contributed by atoms with Crippen LogP contribution >= 0.6 is 110 Å². The normalized spacial score (nSPS) is 17.2. The van der Waals surface area contributed by atoms with E-state index in [2.05, 4.69) is 260 Å². The fourth-order valence-electron chi connectivity index (χ4n) is 18.3. The molecule has 4 fully saturated rings. The van der Waals surface area contributed by atoms with Gasteiger partial charge < -0.3 is 30.3 Å². The second-order valence-corrected chi connectivity index (χ2v) is 52.7. The van der Waals surface area contributed by atoms with E-state index in [-0.39, 0.29) is 47.0 Å². The number of halogens is 8. The van der Waals surface area contributed by atoms with E-state index in [1.54, 1.807) is 12.4 Å². The van der Waals surface area contributed by atoms with Gasteiger partial charge in [0.25, 0.3) is 0 Å². The monoisotopic (exact) mass is 2530 g/mol. The first kappa shape index (κ1) is 112. The van der Waals surface area contributed by atoms with Crippen molar-refractivity contribution in [1.82, 2.24) is 15.0 Å². The van der Waals surface area contributed by atoms with Gasteiger partial charge in [0.2, 0.25) is 0 Å². The fraction of sp³-hybridized carbons (Fsp3) is 0.486. The molecule has 8 aliphatic carbocycles. The Balaban J connectivity index is 0.000000187. The third kappa shape index (κ3) is 33.6. The second-order valence-electron chi connectivity index (χ2n) is 41.6. The topological polar surface area (TPSA) is 140 Å². The van der Waals surface area contributed by atoms with E-state index in [0.29, 0.717) is 48.3 Å². The van der Waals surface area contributed by atoms with E-state index in [4.69, 9.17) is 49.9 Å². The molecule has 712 valence electrons. The number of nitrogens with zero attached hydrogens (tertiary/aromatic N) is 6. The predicted octanol–water partition coefficient (Wildman–Crippen LogP) is 34.9. The molecule has 0 unspecified atom stereocenters. The number of aryl methyl sites for hydroxylation is 9. The molecule has 3 N–H and O–H groups in total.